The van der Waals surface area contributed by atoms with Crippen molar-refractivity contribution in [1.29, 1.82) is 0 Å². The molecule has 1 atom stereocenters. The van der Waals surface area contributed by atoms with E-state index >= 15 is 0 Å². The smallest absolute Gasteiger partial charge is 0.340 e. The summed E-state index contributed by atoms with van der Waals surface area (Å²) in [7, 11) is 0. The van der Waals surface area contributed by atoms with E-state index < -0.39 is 11.6 Å². The first-order valence-corrected chi connectivity index (χ1v) is 6.29. The summed E-state index contributed by atoms with van der Waals surface area (Å²) < 4.78 is 0. The molecule has 18 heavy (non-hydrogen) atoms. The van der Waals surface area contributed by atoms with Gasteiger partial charge in [-0.25, -0.2) is 14.9 Å². The predicted molar refractivity (Wildman–Crippen MR) is 66.6 cm³/mol. The van der Waals surface area contributed by atoms with E-state index in [0.29, 0.717) is 6.42 Å². The van der Waals surface area contributed by atoms with Crippen LogP contribution >= 0.6 is 11.3 Å². The number of hydrogen-bond acceptors (Lipinski definition) is 5. The van der Waals surface area contributed by atoms with Crippen LogP contribution in [0.15, 0.2) is 11.0 Å². The zero-order valence-corrected chi connectivity index (χ0v) is 10.8. The second-order valence-corrected chi connectivity index (χ2v) is 5.04. The van der Waals surface area contributed by atoms with Crippen molar-refractivity contribution in [3.63, 3.8) is 0 Å². The van der Waals surface area contributed by atoms with Crippen LogP contribution in [0.1, 0.15) is 39.9 Å². The Morgan fingerprint density at radius 1 is 1.61 bits per heavy atom. The molecule has 0 aliphatic heterocycles. The van der Waals surface area contributed by atoms with E-state index in [1.807, 2.05) is 13.8 Å². The lowest BCUT2D eigenvalue weighted by Crippen LogP contribution is -2.29. The van der Waals surface area contributed by atoms with Gasteiger partial charge in [0.2, 0.25) is 5.82 Å². The van der Waals surface area contributed by atoms with Crippen molar-refractivity contribution in [3.05, 3.63) is 32.4 Å². The van der Waals surface area contributed by atoms with Crippen molar-refractivity contribution >= 4 is 17.2 Å². The van der Waals surface area contributed by atoms with Crippen molar-refractivity contribution in [2.75, 3.05) is 0 Å². The van der Waals surface area contributed by atoms with Crippen LogP contribution in [-0.4, -0.2) is 26.1 Å². The number of rotatable bonds is 4. The van der Waals surface area contributed by atoms with E-state index in [1.165, 1.54) is 11.3 Å². The van der Waals surface area contributed by atoms with E-state index in [4.69, 9.17) is 0 Å². The van der Waals surface area contributed by atoms with E-state index in [1.54, 1.807) is 6.20 Å². The number of aromatic nitrogens is 4. The third kappa shape index (κ3) is 2.65. The Kier molecular flexibility index (Phi) is 3.56. The normalized spacial score (nSPS) is 12.3. The number of nitrogens with one attached hydrogen (secondary N) is 3. The summed E-state index contributed by atoms with van der Waals surface area (Å²) in [5.74, 6) is -0.445. The Bertz CT molecular complexity index is 599. The molecule has 1 unspecified atom stereocenters. The number of aryl methyl sites for hydroxylation is 1. The number of H-pyrrole nitrogens is 2. The Hall–Kier alpha value is -1.96. The highest BCUT2D eigenvalue weighted by Crippen LogP contribution is 2.21. The predicted octanol–water partition coefficient (Wildman–Crippen LogP) is 0.744. The fraction of sp³-hybridized carbons (Fsp3) is 0.400. The molecule has 0 fully saturated rings. The van der Waals surface area contributed by atoms with Crippen LogP contribution in [0.4, 0.5) is 0 Å². The molecule has 3 N–H and O–H groups in total. The van der Waals surface area contributed by atoms with Crippen molar-refractivity contribution in [1.82, 2.24) is 25.5 Å². The highest BCUT2D eigenvalue weighted by molar-refractivity contribution is 7.11. The molecule has 0 aromatic carbocycles. The van der Waals surface area contributed by atoms with Crippen molar-refractivity contribution in [3.8, 4) is 0 Å². The van der Waals surface area contributed by atoms with Gasteiger partial charge in [-0.2, -0.15) is 0 Å². The number of carbonyl (C=O) groups is 1. The highest BCUT2D eigenvalue weighted by atomic mass is 32.1. The second-order valence-electron chi connectivity index (χ2n) is 3.77. The fourth-order valence-electron chi connectivity index (χ4n) is 1.48. The molecule has 1 amide bonds. The molecule has 2 rings (SSSR count). The standard InChI is InChI=1S/C10H13N5O2S/c1-3-6(9-11-4-5(2)18-9)12-8(16)7-13-10(17)15-14-7/h4,6H,3H2,1-2H3,(H,12,16)(H2,13,14,15,17). The van der Waals surface area contributed by atoms with E-state index in [2.05, 4.69) is 25.5 Å². The van der Waals surface area contributed by atoms with E-state index in [0.717, 1.165) is 9.88 Å². The summed E-state index contributed by atoms with van der Waals surface area (Å²) >= 11 is 1.54. The topological polar surface area (TPSA) is 104 Å². The van der Waals surface area contributed by atoms with Gasteiger partial charge in [0.25, 0.3) is 5.91 Å². The summed E-state index contributed by atoms with van der Waals surface area (Å²) in [6, 6.07) is -0.170. The van der Waals surface area contributed by atoms with Gasteiger partial charge in [0.15, 0.2) is 0 Å². The minimum absolute atomic E-state index is 0.0215. The number of hydrogen-bond donors (Lipinski definition) is 3. The molecule has 8 heteroatoms. The van der Waals surface area contributed by atoms with Crippen LogP contribution in [0.3, 0.4) is 0 Å². The molecule has 0 aliphatic carbocycles. The zero-order chi connectivity index (χ0) is 13.1. The van der Waals surface area contributed by atoms with Gasteiger partial charge < -0.3 is 5.32 Å². The van der Waals surface area contributed by atoms with Crippen LogP contribution in [0, 0.1) is 6.92 Å². The minimum atomic E-state index is -0.502. The first-order valence-electron chi connectivity index (χ1n) is 5.48. The van der Waals surface area contributed by atoms with Crippen LogP contribution in [0.2, 0.25) is 0 Å². The van der Waals surface area contributed by atoms with Crippen LogP contribution < -0.4 is 11.0 Å². The molecular formula is C10H13N5O2S. The lowest BCUT2D eigenvalue weighted by molar-refractivity contribution is 0.0925. The summed E-state index contributed by atoms with van der Waals surface area (Å²) in [6.07, 6.45) is 2.48. The second kappa shape index (κ2) is 5.13. The summed E-state index contributed by atoms with van der Waals surface area (Å²) in [4.78, 5) is 30.3. The maximum Gasteiger partial charge on any atom is 0.341 e. The van der Waals surface area contributed by atoms with Crippen molar-refractivity contribution in [2.24, 2.45) is 0 Å². The van der Waals surface area contributed by atoms with Gasteiger partial charge in [-0.05, 0) is 13.3 Å². The monoisotopic (exact) mass is 267 g/mol. The number of carbonyl (C=O) groups excluding carboxylic acids is 1. The molecule has 7 nitrogen and oxygen atoms in total. The molecule has 0 saturated carbocycles. The summed E-state index contributed by atoms with van der Waals surface area (Å²) in [5, 5.41) is 9.36. The van der Waals surface area contributed by atoms with Crippen LogP contribution in [0.5, 0.6) is 0 Å². The molecule has 0 aliphatic rings. The summed E-state index contributed by atoms with van der Waals surface area (Å²) in [6.45, 7) is 3.91. The molecule has 0 bridgehead atoms. The number of aromatic amines is 2. The first-order chi connectivity index (χ1) is 8.60. The average Bonchev–Trinajstić information content (AvgIpc) is 2.94. The van der Waals surface area contributed by atoms with Gasteiger partial charge in [-0.3, -0.25) is 9.78 Å². The third-order valence-corrected chi connectivity index (χ3v) is 3.39. The van der Waals surface area contributed by atoms with Gasteiger partial charge in [-0.15, -0.1) is 16.4 Å². The highest BCUT2D eigenvalue weighted by Gasteiger charge is 2.18. The number of thiazole rings is 1. The Labute approximate surface area is 107 Å². The first kappa shape index (κ1) is 12.5. The molecule has 2 aromatic heterocycles. The SMILES string of the molecule is CCC(NC(=O)c1n[nH]c(=O)[nH]1)c1ncc(C)s1. The van der Waals surface area contributed by atoms with Gasteiger partial charge in [0, 0.05) is 11.1 Å². The van der Waals surface area contributed by atoms with Gasteiger partial charge in [-0.1, -0.05) is 6.92 Å². The molecule has 96 valence electrons. The average molecular weight is 267 g/mol. The lowest BCUT2D eigenvalue weighted by Gasteiger charge is -2.12. The fourth-order valence-corrected chi connectivity index (χ4v) is 2.38. The summed E-state index contributed by atoms with van der Waals surface area (Å²) in [5.41, 5.74) is -0.502. The number of nitrogens with zero attached hydrogens (tertiary/aromatic N) is 2. The van der Waals surface area contributed by atoms with Crippen molar-refractivity contribution < 1.29 is 4.79 Å². The molecule has 0 saturated heterocycles. The maximum absolute atomic E-state index is 11.8. The quantitative estimate of drug-likeness (QED) is 0.760. The van der Waals surface area contributed by atoms with Gasteiger partial charge in [0.05, 0.1) is 6.04 Å². The Morgan fingerprint density at radius 3 is 2.89 bits per heavy atom. The molecular weight excluding hydrogens is 254 g/mol. The Morgan fingerprint density at radius 2 is 2.39 bits per heavy atom. The minimum Gasteiger partial charge on any atom is -0.340 e. The van der Waals surface area contributed by atoms with Gasteiger partial charge >= 0.3 is 5.69 Å². The molecule has 2 aromatic rings. The lowest BCUT2D eigenvalue weighted by atomic mass is 10.2. The van der Waals surface area contributed by atoms with Crippen molar-refractivity contribution in [2.45, 2.75) is 26.3 Å². The van der Waals surface area contributed by atoms with Gasteiger partial charge in [0.1, 0.15) is 5.01 Å². The Balaban J connectivity index is 2.11. The molecule has 0 radical (unpaired) electrons. The molecule has 2 heterocycles. The third-order valence-electron chi connectivity index (χ3n) is 2.37. The zero-order valence-electron chi connectivity index (χ0n) is 9.98. The largest absolute Gasteiger partial charge is 0.341 e. The maximum atomic E-state index is 11.8. The van der Waals surface area contributed by atoms with Crippen LogP contribution in [0.25, 0.3) is 0 Å². The number of amides is 1. The molecule has 0 spiro atoms. The van der Waals surface area contributed by atoms with E-state index in [-0.39, 0.29) is 11.9 Å². The van der Waals surface area contributed by atoms with E-state index in [9.17, 15) is 9.59 Å². The van der Waals surface area contributed by atoms with Crippen LogP contribution in [-0.2, 0) is 0 Å².